The van der Waals surface area contributed by atoms with E-state index in [-0.39, 0.29) is 19.0 Å². The van der Waals surface area contributed by atoms with Crippen LogP contribution in [0.1, 0.15) is 59.9 Å². The third-order valence-corrected chi connectivity index (χ3v) is 5.02. The Bertz CT molecular complexity index is 829. The summed E-state index contributed by atoms with van der Waals surface area (Å²) in [5.41, 5.74) is 0.656. The van der Waals surface area contributed by atoms with Gasteiger partial charge in [0.05, 0.1) is 13.2 Å². The maximum atomic E-state index is 13.2. The van der Waals surface area contributed by atoms with Crippen molar-refractivity contribution in [1.82, 2.24) is 15.1 Å². The quantitative estimate of drug-likeness (QED) is 0.658. The fourth-order valence-electron chi connectivity index (χ4n) is 3.50. The highest BCUT2D eigenvalue weighted by Gasteiger charge is 2.39. The van der Waals surface area contributed by atoms with Crippen molar-refractivity contribution in [2.75, 3.05) is 13.2 Å². The fourth-order valence-corrected chi connectivity index (χ4v) is 3.50. The molecule has 29 heavy (non-hydrogen) atoms. The van der Waals surface area contributed by atoms with E-state index in [9.17, 15) is 18.0 Å². The van der Waals surface area contributed by atoms with E-state index in [4.69, 9.17) is 4.74 Å². The maximum absolute atomic E-state index is 13.2. The highest BCUT2D eigenvalue weighted by Crippen LogP contribution is 2.35. The number of rotatable bonds is 8. The van der Waals surface area contributed by atoms with Crippen LogP contribution in [0.25, 0.3) is 0 Å². The Kier molecular flexibility index (Phi) is 6.82. The molecule has 1 N–H and O–H groups in total. The van der Waals surface area contributed by atoms with E-state index in [1.54, 1.807) is 24.3 Å². The van der Waals surface area contributed by atoms with Gasteiger partial charge < -0.3 is 10.1 Å². The van der Waals surface area contributed by atoms with Crippen LogP contribution in [0.3, 0.4) is 0 Å². The van der Waals surface area contributed by atoms with Crippen LogP contribution in [-0.2, 0) is 25.6 Å². The molecule has 1 aliphatic carbocycles. The Hall–Kier alpha value is -2.51. The van der Waals surface area contributed by atoms with Gasteiger partial charge in [0.25, 0.3) is 5.91 Å². The Labute approximate surface area is 168 Å². The molecule has 158 valence electrons. The molecule has 0 fully saturated rings. The average molecular weight is 409 g/mol. The first-order valence-corrected chi connectivity index (χ1v) is 10.1. The number of fused-ring (bicyclic) bond motifs is 1. The number of ether oxygens (including phenoxy) is 1. The average Bonchev–Trinajstić information content (AvgIpc) is 3.08. The summed E-state index contributed by atoms with van der Waals surface area (Å²) in [6.45, 7) is 3.14. The second kappa shape index (κ2) is 9.33. The smallest absolute Gasteiger partial charge is 0.435 e. The van der Waals surface area contributed by atoms with E-state index >= 15 is 0 Å². The SMILES string of the molecule is CCCCOc1ccc(C(=O)NCCn2nc(C(F)(F)F)c3c2CCCC3)cc1. The second-order valence-electron chi connectivity index (χ2n) is 7.18. The van der Waals surface area contributed by atoms with Gasteiger partial charge in [0, 0.05) is 23.4 Å². The van der Waals surface area contributed by atoms with Gasteiger partial charge >= 0.3 is 6.18 Å². The molecule has 0 saturated heterocycles. The van der Waals surface area contributed by atoms with Crippen molar-refractivity contribution in [1.29, 1.82) is 0 Å². The number of amides is 1. The first kappa shape index (κ1) is 21.2. The molecule has 1 aromatic carbocycles. The van der Waals surface area contributed by atoms with Gasteiger partial charge in [-0.2, -0.15) is 18.3 Å². The lowest BCUT2D eigenvalue weighted by atomic mass is 9.95. The second-order valence-corrected chi connectivity index (χ2v) is 7.18. The molecule has 0 unspecified atom stereocenters. The lowest BCUT2D eigenvalue weighted by molar-refractivity contribution is -0.142. The highest BCUT2D eigenvalue weighted by atomic mass is 19.4. The van der Waals surface area contributed by atoms with Crippen LogP contribution >= 0.6 is 0 Å². The normalized spacial score (nSPS) is 13.8. The number of carbonyl (C=O) groups is 1. The van der Waals surface area contributed by atoms with Crippen molar-refractivity contribution >= 4 is 5.91 Å². The molecule has 0 bridgehead atoms. The molecule has 1 aliphatic rings. The van der Waals surface area contributed by atoms with Gasteiger partial charge in [-0.1, -0.05) is 13.3 Å². The van der Waals surface area contributed by atoms with Crippen molar-refractivity contribution in [2.24, 2.45) is 0 Å². The van der Waals surface area contributed by atoms with E-state index in [0.29, 0.717) is 42.0 Å². The van der Waals surface area contributed by atoms with Crippen molar-refractivity contribution in [2.45, 2.75) is 58.2 Å². The van der Waals surface area contributed by atoms with Crippen LogP contribution in [0.5, 0.6) is 5.75 Å². The van der Waals surface area contributed by atoms with Gasteiger partial charge in [-0.15, -0.1) is 0 Å². The van der Waals surface area contributed by atoms with Crippen molar-refractivity contribution in [3.05, 3.63) is 46.8 Å². The Morgan fingerprint density at radius 2 is 1.93 bits per heavy atom. The summed E-state index contributed by atoms with van der Waals surface area (Å²) in [5.74, 6) is 0.431. The summed E-state index contributed by atoms with van der Waals surface area (Å²) in [4.78, 5) is 12.3. The molecule has 0 atom stereocenters. The molecule has 8 heteroatoms. The van der Waals surface area contributed by atoms with Crippen LogP contribution in [0, 0.1) is 0 Å². The van der Waals surface area contributed by atoms with E-state index in [0.717, 1.165) is 25.7 Å². The van der Waals surface area contributed by atoms with Crippen LogP contribution < -0.4 is 10.1 Å². The van der Waals surface area contributed by atoms with E-state index in [1.807, 2.05) is 0 Å². The van der Waals surface area contributed by atoms with Gasteiger partial charge in [-0.3, -0.25) is 9.48 Å². The minimum atomic E-state index is -4.45. The van der Waals surface area contributed by atoms with Gasteiger partial charge in [-0.25, -0.2) is 0 Å². The topological polar surface area (TPSA) is 56.1 Å². The summed E-state index contributed by atoms with van der Waals surface area (Å²) >= 11 is 0. The van der Waals surface area contributed by atoms with Crippen LogP contribution in [-0.4, -0.2) is 28.8 Å². The third-order valence-electron chi connectivity index (χ3n) is 5.02. The number of unbranched alkanes of at least 4 members (excludes halogenated alkanes) is 1. The number of nitrogens with one attached hydrogen (secondary N) is 1. The zero-order valence-corrected chi connectivity index (χ0v) is 16.5. The molecular weight excluding hydrogens is 383 g/mol. The molecule has 1 aromatic heterocycles. The zero-order chi connectivity index (χ0) is 20.9. The maximum Gasteiger partial charge on any atom is 0.435 e. The predicted octanol–water partition coefficient (Wildman–Crippen LogP) is 4.39. The summed E-state index contributed by atoms with van der Waals surface area (Å²) in [5, 5.41) is 6.56. The van der Waals surface area contributed by atoms with E-state index in [2.05, 4.69) is 17.3 Å². The molecule has 1 amide bonds. The van der Waals surface area contributed by atoms with Crippen LogP contribution in [0.15, 0.2) is 24.3 Å². The molecule has 2 aromatic rings. The molecule has 0 radical (unpaired) electrons. The number of benzene rings is 1. The number of hydrogen-bond acceptors (Lipinski definition) is 3. The number of hydrogen-bond donors (Lipinski definition) is 1. The van der Waals surface area contributed by atoms with Gasteiger partial charge in [0.2, 0.25) is 0 Å². The number of carbonyl (C=O) groups excluding carboxylic acids is 1. The van der Waals surface area contributed by atoms with Gasteiger partial charge in [0.15, 0.2) is 5.69 Å². The first-order valence-electron chi connectivity index (χ1n) is 10.1. The molecule has 3 rings (SSSR count). The number of alkyl halides is 3. The largest absolute Gasteiger partial charge is 0.494 e. The Balaban J connectivity index is 1.57. The lowest BCUT2D eigenvalue weighted by Gasteiger charge is -2.15. The Morgan fingerprint density at radius 1 is 1.21 bits per heavy atom. The third kappa shape index (κ3) is 5.31. The highest BCUT2D eigenvalue weighted by molar-refractivity contribution is 5.94. The molecular formula is C21H26F3N3O2. The summed E-state index contributed by atoms with van der Waals surface area (Å²) in [7, 11) is 0. The number of halogens is 3. The lowest BCUT2D eigenvalue weighted by Crippen LogP contribution is -2.28. The van der Waals surface area contributed by atoms with E-state index in [1.165, 1.54) is 4.68 Å². The zero-order valence-electron chi connectivity index (χ0n) is 16.5. The number of aromatic nitrogens is 2. The summed E-state index contributed by atoms with van der Waals surface area (Å²) < 4.78 is 46.7. The summed E-state index contributed by atoms with van der Waals surface area (Å²) in [6.07, 6.45) is 0.164. The van der Waals surface area contributed by atoms with E-state index < -0.39 is 11.9 Å². The predicted molar refractivity (Wildman–Crippen MR) is 103 cm³/mol. The van der Waals surface area contributed by atoms with Crippen molar-refractivity contribution in [3.8, 4) is 5.75 Å². The monoisotopic (exact) mass is 409 g/mol. The fraction of sp³-hybridized carbons (Fsp3) is 0.524. The minimum Gasteiger partial charge on any atom is -0.494 e. The molecule has 1 heterocycles. The number of nitrogens with zero attached hydrogens (tertiary/aromatic N) is 2. The van der Waals surface area contributed by atoms with Gasteiger partial charge in [0.1, 0.15) is 5.75 Å². The molecule has 5 nitrogen and oxygen atoms in total. The van der Waals surface area contributed by atoms with Crippen molar-refractivity contribution < 1.29 is 22.7 Å². The molecule has 0 spiro atoms. The minimum absolute atomic E-state index is 0.207. The van der Waals surface area contributed by atoms with Crippen LogP contribution in [0.4, 0.5) is 13.2 Å². The van der Waals surface area contributed by atoms with Crippen LogP contribution in [0.2, 0.25) is 0 Å². The van der Waals surface area contributed by atoms with Gasteiger partial charge in [-0.05, 0) is 56.4 Å². The Morgan fingerprint density at radius 3 is 2.62 bits per heavy atom. The molecule has 0 saturated carbocycles. The molecule has 0 aliphatic heterocycles. The van der Waals surface area contributed by atoms with Crippen molar-refractivity contribution in [3.63, 3.8) is 0 Å². The first-order chi connectivity index (χ1) is 13.9. The standard InChI is InChI=1S/C21H26F3N3O2/c1-2-3-14-29-16-10-8-15(9-11-16)20(28)25-12-13-27-18-7-5-4-6-17(18)19(26-27)21(22,23)24/h8-11H,2-7,12-14H2,1H3,(H,25,28). The summed E-state index contributed by atoms with van der Waals surface area (Å²) in [6, 6.07) is 6.83.